The molecule has 0 radical (unpaired) electrons. The van der Waals surface area contributed by atoms with Crippen LogP contribution in [0.5, 0.6) is 5.75 Å². The first-order valence-electron chi connectivity index (χ1n) is 3.41. The van der Waals surface area contributed by atoms with Crippen LogP contribution in [0.3, 0.4) is 0 Å². The molecule has 0 N–H and O–H groups in total. The highest BCUT2D eigenvalue weighted by Crippen LogP contribution is 2.28. The van der Waals surface area contributed by atoms with E-state index in [1.807, 2.05) is 0 Å². The van der Waals surface area contributed by atoms with Gasteiger partial charge in [0.1, 0.15) is 5.56 Å². The van der Waals surface area contributed by atoms with E-state index in [0.29, 0.717) is 0 Å². The maximum Gasteiger partial charge on any atom is 0.205 e. The van der Waals surface area contributed by atoms with E-state index in [-0.39, 0.29) is 0 Å². The predicted molar refractivity (Wildman–Crippen MR) is 40.8 cm³/mol. The first-order chi connectivity index (χ1) is 6.54. The second-order valence-electron chi connectivity index (χ2n) is 2.31. The Kier molecular flexibility index (Phi) is 2.65. The molecule has 0 amide bonds. The highest BCUT2D eigenvalue weighted by molar-refractivity contribution is 5.42. The van der Waals surface area contributed by atoms with Crippen LogP contribution in [0.25, 0.3) is 0 Å². The third kappa shape index (κ3) is 1.29. The van der Waals surface area contributed by atoms with Crippen molar-refractivity contribution in [2.75, 3.05) is 7.11 Å². The van der Waals surface area contributed by atoms with E-state index in [2.05, 4.69) is 11.2 Å². The average molecular weight is 204 g/mol. The van der Waals surface area contributed by atoms with Crippen molar-refractivity contribution in [3.63, 3.8) is 0 Å². The zero-order chi connectivity index (χ0) is 10.9. The number of hydrogen-bond donors (Lipinski definition) is 0. The summed E-state index contributed by atoms with van der Waals surface area (Å²) < 4.78 is 55.7. The number of rotatable bonds is 1. The minimum atomic E-state index is -1.64. The minimum Gasteiger partial charge on any atom is -0.491 e. The molecule has 5 heteroatoms. The molecule has 0 saturated heterocycles. The van der Waals surface area contributed by atoms with E-state index < -0.39 is 34.6 Å². The smallest absolute Gasteiger partial charge is 0.205 e. The maximum absolute atomic E-state index is 12.9. The quantitative estimate of drug-likeness (QED) is 0.387. The van der Waals surface area contributed by atoms with Gasteiger partial charge in [-0.25, -0.2) is 8.78 Å². The Bertz CT molecular complexity index is 383. The molecular formula is C9H4F4O. The number of methoxy groups -OCH3 is 1. The molecule has 1 nitrogen and oxygen atoms in total. The molecule has 0 aliphatic carbocycles. The van der Waals surface area contributed by atoms with Gasteiger partial charge < -0.3 is 4.74 Å². The van der Waals surface area contributed by atoms with Crippen molar-refractivity contribution >= 4 is 0 Å². The number of hydrogen-bond acceptors (Lipinski definition) is 1. The van der Waals surface area contributed by atoms with Gasteiger partial charge in [-0.2, -0.15) is 8.78 Å². The summed E-state index contributed by atoms with van der Waals surface area (Å²) in [6, 6.07) is 0. The molecule has 0 heterocycles. The lowest BCUT2D eigenvalue weighted by atomic mass is 10.1. The third-order valence-electron chi connectivity index (χ3n) is 1.57. The van der Waals surface area contributed by atoms with Gasteiger partial charge in [0, 0.05) is 0 Å². The van der Waals surface area contributed by atoms with Crippen LogP contribution < -0.4 is 4.74 Å². The summed E-state index contributed by atoms with van der Waals surface area (Å²) in [5.74, 6) is -6.17. The summed E-state index contributed by atoms with van der Waals surface area (Å²) in [7, 11) is 0.885. The molecule has 74 valence electrons. The lowest BCUT2D eigenvalue weighted by molar-refractivity contribution is 0.331. The van der Waals surface area contributed by atoms with Crippen LogP contribution in [0.2, 0.25) is 0 Å². The van der Waals surface area contributed by atoms with Gasteiger partial charge in [-0.1, -0.05) is 5.92 Å². The molecule has 1 aromatic carbocycles. The van der Waals surface area contributed by atoms with Gasteiger partial charge >= 0.3 is 0 Å². The van der Waals surface area contributed by atoms with Gasteiger partial charge in [-0.3, -0.25) is 0 Å². The van der Waals surface area contributed by atoms with Gasteiger partial charge in [-0.15, -0.1) is 6.42 Å². The van der Waals surface area contributed by atoms with E-state index in [1.54, 1.807) is 0 Å². The fourth-order valence-electron chi connectivity index (χ4n) is 0.917. The predicted octanol–water partition coefficient (Wildman–Crippen LogP) is 2.23. The summed E-state index contributed by atoms with van der Waals surface area (Å²) in [5.41, 5.74) is -1.08. The van der Waals surface area contributed by atoms with Crippen molar-refractivity contribution in [3.8, 4) is 18.1 Å². The van der Waals surface area contributed by atoms with E-state index in [4.69, 9.17) is 0 Å². The molecule has 0 aromatic heterocycles. The molecule has 1 aromatic rings. The third-order valence-corrected chi connectivity index (χ3v) is 1.57. The van der Waals surface area contributed by atoms with Crippen LogP contribution in [-0.2, 0) is 0 Å². The molecule has 0 atom stereocenters. The van der Waals surface area contributed by atoms with Gasteiger partial charge in [0.2, 0.25) is 11.6 Å². The monoisotopic (exact) mass is 204 g/mol. The molecular weight excluding hydrogens is 200 g/mol. The number of halogens is 4. The molecule has 1 rings (SSSR count). The van der Waals surface area contributed by atoms with E-state index in [9.17, 15) is 17.6 Å². The SMILES string of the molecule is C#Cc1c(F)c(F)c(OC)c(F)c1F. The fraction of sp³-hybridized carbons (Fsp3) is 0.111. The zero-order valence-corrected chi connectivity index (χ0v) is 7.00. The summed E-state index contributed by atoms with van der Waals surface area (Å²) in [5, 5.41) is 0. The van der Waals surface area contributed by atoms with Crippen molar-refractivity contribution in [2.24, 2.45) is 0 Å². The van der Waals surface area contributed by atoms with Crippen LogP contribution >= 0.6 is 0 Å². The molecule has 14 heavy (non-hydrogen) atoms. The Hall–Kier alpha value is -1.70. The molecule has 0 fully saturated rings. The Morgan fingerprint density at radius 3 is 1.71 bits per heavy atom. The Morgan fingerprint density at radius 2 is 1.43 bits per heavy atom. The topological polar surface area (TPSA) is 9.23 Å². The van der Waals surface area contributed by atoms with Crippen LogP contribution in [0.4, 0.5) is 17.6 Å². The Labute approximate surface area is 77.3 Å². The average Bonchev–Trinajstić information content (AvgIpc) is 2.17. The molecule has 0 aliphatic heterocycles. The number of terminal acetylenes is 1. The first-order valence-corrected chi connectivity index (χ1v) is 3.41. The van der Waals surface area contributed by atoms with Gasteiger partial charge in [0.25, 0.3) is 0 Å². The van der Waals surface area contributed by atoms with Gasteiger partial charge in [0.05, 0.1) is 7.11 Å². The normalized spacial score (nSPS) is 9.71. The van der Waals surface area contributed by atoms with Gasteiger partial charge in [0.15, 0.2) is 17.4 Å². The van der Waals surface area contributed by atoms with Crippen molar-refractivity contribution in [3.05, 3.63) is 28.8 Å². The fourth-order valence-corrected chi connectivity index (χ4v) is 0.917. The van der Waals surface area contributed by atoms with Gasteiger partial charge in [-0.05, 0) is 0 Å². The second-order valence-corrected chi connectivity index (χ2v) is 2.31. The number of ether oxygens (including phenoxy) is 1. The van der Waals surface area contributed by atoms with Crippen molar-refractivity contribution in [1.29, 1.82) is 0 Å². The van der Waals surface area contributed by atoms with Crippen LogP contribution in [0.15, 0.2) is 0 Å². The molecule has 0 spiro atoms. The van der Waals surface area contributed by atoms with Crippen LogP contribution in [-0.4, -0.2) is 7.11 Å². The lowest BCUT2D eigenvalue weighted by Gasteiger charge is -2.06. The maximum atomic E-state index is 12.9. The van der Waals surface area contributed by atoms with Crippen LogP contribution in [0.1, 0.15) is 5.56 Å². The highest BCUT2D eigenvalue weighted by atomic mass is 19.2. The lowest BCUT2D eigenvalue weighted by Crippen LogP contribution is -2.03. The van der Waals surface area contributed by atoms with Crippen LogP contribution in [0, 0.1) is 35.6 Å². The number of benzene rings is 1. The molecule has 0 aliphatic rings. The zero-order valence-electron chi connectivity index (χ0n) is 7.00. The summed E-state index contributed by atoms with van der Waals surface area (Å²) in [4.78, 5) is 0. The van der Waals surface area contributed by atoms with E-state index in [0.717, 1.165) is 7.11 Å². The van der Waals surface area contributed by atoms with E-state index in [1.165, 1.54) is 5.92 Å². The molecule has 0 unspecified atom stereocenters. The second kappa shape index (κ2) is 3.58. The highest BCUT2D eigenvalue weighted by Gasteiger charge is 2.24. The summed E-state index contributed by atoms with van der Waals surface area (Å²) >= 11 is 0. The van der Waals surface area contributed by atoms with Crippen molar-refractivity contribution in [2.45, 2.75) is 0 Å². The molecule has 0 saturated carbocycles. The largest absolute Gasteiger partial charge is 0.491 e. The Morgan fingerprint density at radius 1 is 1.00 bits per heavy atom. The first kappa shape index (κ1) is 10.4. The molecule has 0 bridgehead atoms. The summed E-state index contributed by atoms with van der Waals surface area (Å²) in [6.45, 7) is 0. The summed E-state index contributed by atoms with van der Waals surface area (Å²) in [6.07, 6.45) is 4.68. The minimum absolute atomic E-state index is 0.885. The Balaban J connectivity index is 3.66. The van der Waals surface area contributed by atoms with E-state index >= 15 is 0 Å². The standard InChI is InChI=1S/C9H4F4O/c1-3-4-5(10)7(12)9(14-2)8(13)6(4)11/h1H,2H3. The van der Waals surface area contributed by atoms with Crippen molar-refractivity contribution in [1.82, 2.24) is 0 Å². The van der Waals surface area contributed by atoms with Crippen molar-refractivity contribution < 1.29 is 22.3 Å².